The quantitative estimate of drug-likeness (QED) is 0.648. The molecule has 0 saturated heterocycles. The molecule has 0 fully saturated rings. The second kappa shape index (κ2) is 5.27. The van der Waals surface area contributed by atoms with Gasteiger partial charge in [-0.25, -0.2) is 5.43 Å². The highest BCUT2D eigenvalue weighted by Crippen LogP contribution is 2.25. The number of halogens is 1. The molecule has 3 nitrogen and oxygen atoms in total. The van der Waals surface area contributed by atoms with Crippen LogP contribution < -0.4 is 11.3 Å². The monoisotopic (exact) mass is 247 g/mol. The standard InChI is InChI=1S/C13H14ClN3/c1-9-8-16-6-5-12(9)13(17-15)10-3-2-4-11(14)7-10/h2-8,13,17H,15H2,1H3. The first-order valence-corrected chi connectivity index (χ1v) is 5.72. The van der Waals surface area contributed by atoms with Gasteiger partial charge in [0.2, 0.25) is 0 Å². The minimum atomic E-state index is -0.0725. The number of hydrogen-bond acceptors (Lipinski definition) is 3. The van der Waals surface area contributed by atoms with E-state index in [4.69, 9.17) is 17.4 Å². The Kier molecular flexibility index (Phi) is 3.74. The molecule has 88 valence electrons. The molecule has 4 heteroatoms. The molecule has 0 amide bonds. The molecule has 1 aromatic heterocycles. The third-order valence-corrected chi connectivity index (χ3v) is 2.96. The normalized spacial score (nSPS) is 12.4. The number of benzene rings is 1. The van der Waals surface area contributed by atoms with Crippen molar-refractivity contribution in [1.29, 1.82) is 0 Å². The van der Waals surface area contributed by atoms with Crippen LogP contribution in [0.15, 0.2) is 42.7 Å². The molecule has 0 saturated carbocycles. The van der Waals surface area contributed by atoms with E-state index in [1.165, 1.54) is 0 Å². The fourth-order valence-electron chi connectivity index (χ4n) is 1.86. The van der Waals surface area contributed by atoms with Gasteiger partial charge in [0.1, 0.15) is 0 Å². The minimum absolute atomic E-state index is 0.0725. The molecule has 0 aliphatic rings. The lowest BCUT2D eigenvalue weighted by atomic mass is 9.97. The van der Waals surface area contributed by atoms with Crippen LogP contribution in [0.1, 0.15) is 22.7 Å². The molecular weight excluding hydrogens is 234 g/mol. The molecule has 1 heterocycles. The zero-order valence-electron chi connectivity index (χ0n) is 9.52. The maximum Gasteiger partial charge on any atom is 0.0714 e. The van der Waals surface area contributed by atoms with Crippen LogP contribution >= 0.6 is 11.6 Å². The van der Waals surface area contributed by atoms with Gasteiger partial charge in [0.25, 0.3) is 0 Å². The lowest BCUT2D eigenvalue weighted by Gasteiger charge is -2.18. The Hall–Kier alpha value is -1.42. The van der Waals surface area contributed by atoms with E-state index in [1.54, 1.807) is 6.20 Å². The first-order valence-electron chi connectivity index (χ1n) is 5.34. The first kappa shape index (κ1) is 12.0. The van der Waals surface area contributed by atoms with Crippen LogP contribution in [0.2, 0.25) is 5.02 Å². The molecule has 2 aromatic rings. The van der Waals surface area contributed by atoms with Crippen LogP contribution in [0.4, 0.5) is 0 Å². The highest BCUT2D eigenvalue weighted by atomic mass is 35.5. The summed E-state index contributed by atoms with van der Waals surface area (Å²) in [4.78, 5) is 4.08. The summed E-state index contributed by atoms with van der Waals surface area (Å²) in [7, 11) is 0. The number of hydrazine groups is 1. The lowest BCUT2D eigenvalue weighted by Crippen LogP contribution is -2.29. The van der Waals surface area contributed by atoms with Crippen LogP contribution in [0.5, 0.6) is 0 Å². The molecule has 2 rings (SSSR count). The van der Waals surface area contributed by atoms with Gasteiger partial charge in [0.05, 0.1) is 6.04 Å². The summed E-state index contributed by atoms with van der Waals surface area (Å²) in [6, 6.07) is 9.55. The van der Waals surface area contributed by atoms with Gasteiger partial charge in [-0.2, -0.15) is 0 Å². The number of nitrogens with two attached hydrogens (primary N) is 1. The molecule has 1 unspecified atom stereocenters. The van der Waals surface area contributed by atoms with E-state index >= 15 is 0 Å². The van der Waals surface area contributed by atoms with Crippen molar-refractivity contribution in [2.75, 3.05) is 0 Å². The molecular formula is C13H14ClN3. The van der Waals surface area contributed by atoms with E-state index in [0.29, 0.717) is 5.02 Å². The SMILES string of the molecule is Cc1cnccc1C(NN)c1cccc(Cl)c1. The third-order valence-electron chi connectivity index (χ3n) is 2.72. The van der Waals surface area contributed by atoms with Gasteiger partial charge >= 0.3 is 0 Å². The Balaban J connectivity index is 2.44. The number of nitrogens with zero attached hydrogens (tertiary/aromatic N) is 1. The van der Waals surface area contributed by atoms with Crippen molar-refractivity contribution < 1.29 is 0 Å². The van der Waals surface area contributed by atoms with Crippen LogP contribution in [-0.4, -0.2) is 4.98 Å². The Morgan fingerprint density at radius 1 is 1.35 bits per heavy atom. The van der Waals surface area contributed by atoms with Crippen molar-refractivity contribution in [3.05, 3.63) is 64.4 Å². The second-order valence-electron chi connectivity index (χ2n) is 3.89. The molecule has 0 bridgehead atoms. The van der Waals surface area contributed by atoms with Crippen molar-refractivity contribution in [2.45, 2.75) is 13.0 Å². The van der Waals surface area contributed by atoms with Gasteiger partial charge in [-0.3, -0.25) is 10.8 Å². The van der Waals surface area contributed by atoms with Gasteiger partial charge in [-0.15, -0.1) is 0 Å². The Bertz CT molecular complexity index is 514. The van der Waals surface area contributed by atoms with Gasteiger partial charge in [-0.1, -0.05) is 23.7 Å². The molecule has 3 N–H and O–H groups in total. The van der Waals surface area contributed by atoms with Gasteiger partial charge < -0.3 is 0 Å². The topological polar surface area (TPSA) is 50.9 Å². The fourth-order valence-corrected chi connectivity index (χ4v) is 2.06. The number of rotatable bonds is 3. The zero-order chi connectivity index (χ0) is 12.3. The Labute approximate surface area is 106 Å². The summed E-state index contributed by atoms with van der Waals surface area (Å²) in [5.74, 6) is 5.64. The van der Waals surface area contributed by atoms with E-state index in [0.717, 1.165) is 16.7 Å². The van der Waals surface area contributed by atoms with Crippen molar-refractivity contribution >= 4 is 11.6 Å². The summed E-state index contributed by atoms with van der Waals surface area (Å²) in [6.07, 6.45) is 3.58. The summed E-state index contributed by atoms with van der Waals surface area (Å²) in [5.41, 5.74) is 6.05. The van der Waals surface area contributed by atoms with E-state index in [1.807, 2.05) is 43.5 Å². The number of nitrogens with one attached hydrogen (secondary N) is 1. The van der Waals surface area contributed by atoms with Crippen molar-refractivity contribution in [3.63, 3.8) is 0 Å². The Morgan fingerprint density at radius 2 is 2.18 bits per heavy atom. The first-order chi connectivity index (χ1) is 8.22. The van der Waals surface area contributed by atoms with Crippen LogP contribution in [-0.2, 0) is 0 Å². The molecule has 0 aliphatic heterocycles. The summed E-state index contributed by atoms with van der Waals surface area (Å²) >= 11 is 5.99. The van der Waals surface area contributed by atoms with Gasteiger partial charge in [-0.05, 0) is 41.8 Å². The highest BCUT2D eigenvalue weighted by Gasteiger charge is 2.14. The number of hydrogen-bond donors (Lipinski definition) is 2. The fraction of sp³-hybridized carbons (Fsp3) is 0.154. The largest absolute Gasteiger partial charge is 0.271 e. The highest BCUT2D eigenvalue weighted by molar-refractivity contribution is 6.30. The predicted octanol–water partition coefficient (Wildman–Crippen LogP) is 2.60. The molecule has 17 heavy (non-hydrogen) atoms. The maximum atomic E-state index is 5.99. The van der Waals surface area contributed by atoms with Crippen LogP contribution in [0.3, 0.4) is 0 Å². The van der Waals surface area contributed by atoms with E-state index < -0.39 is 0 Å². The molecule has 0 spiro atoms. The summed E-state index contributed by atoms with van der Waals surface area (Å²) in [5, 5.41) is 0.703. The van der Waals surface area contributed by atoms with Crippen molar-refractivity contribution in [3.8, 4) is 0 Å². The van der Waals surface area contributed by atoms with Gasteiger partial charge in [0, 0.05) is 17.4 Å². The van der Waals surface area contributed by atoms with Crippen LogP contribution in [0.25, 0.3) is 0 Å². The predicted molar refractivity (Wildman–Crippen MR) is 69.6 cm³/mol. The third kappa shape index (κ3) is 2.64. The minimum Gasteiger partial charge on any atom is -0.271 e. The average Bonchev–Trinajstić information content (AvgIpc) is 2.33. The lowest BCUT2D eigenvalue weighted by molar-refractivity contribution is 0.633. The van der Waals surface area contributed by atoms with Crippen molar-refractivity contribution in [2.24, 2.45) is 5.84 Å². The van der Waals surface area contributed by atoms with E-state index in [9.17, 15) is 0 Å². The zero-order valence-corrected chi connectivity index (χ0v) is 10.3. The second-order valence-corrected chi connectivity index (χ2v) is 4.32. The smallest absolute Gasteiger partial charge is 0.0714 e. The van der Waals surface area contributed by atoms with Gasteiger partial charge in [0.15, 0.2) is 0 Å². The maximum absolute atomic E-state index is 5.99. The Morgan fingerprint density at radius 3 is 2.82 bits per heavy atom. The molecule has 1 aromatic carbocycles. The van der Waals surface area contributed by atoms with Crippen LogP contribution in [0, 0.1) is 6.92 Å². The number of aromatic nitrogens is 1. The van der Waals surface area contributed by atoms with Crippen molar-refractivity contribution in [1.82, 2.24) is 10.4 Å². The molecule has 1 atom stereocenters. The summed E-state index contributed by atoms with van der Waals surface area (Å²) < 4.78 is 0. The number of aryl methyl sites for hydroxylation is 1. The summed E-state index contributed by atoms with van der Waals surface area (Å²) in [6.45, 7) is 2.01. The van der Waals surface area contributed by atoms with E-state index in [2.05, 4.69) is 10.4 Å². The number of pyridine rings is 1. The average molecular weight is 248 g/mol. The molecule has 0 aliphatic carbocycles. The van der Waals surface area contributed by atoms with E-state index in [-0.39, 0.29) is 6.04 Å². The molecule has 0 radical (unpaired) electrons.